The average molecular weight is 375 g/mol. The summed E-state index contributed by atoms with van der Waals surface area (Å²) in [4.78, 5) is 11.4. The van der Waals surface area contributed by atoms with E-state index < -0.39 is 18.1 Å². The number of aromatic nitrogens is 5. The Hall–Kier alpha value is -3.43. The maximum absolute atomic E-state index is 14.3. The standard InChI is InChI=1S/C17H12F3N5O2/c1-8-22-12-3-2-10(5-13(12)23-8)26-7-14-11(18)4-9(6-21-14)16-24-25-17(27-16)15(19)20/h2-6,15H,7H2,1H3,(H,22,23). The molecule has 4 rings (SSSR count). The van der Waals surface area contributed by atoms with Gasteiger partial charge in [0.1, 0.15) is 29.7 Å². The molecule has 1 aromatic carbocycles. The number of nitrogens with one attached hydrogen (secondary N) is 1. The van der Waals surface area contributed by atoms with Gasteiger partial charge in [-0.3, -0.25) is 4.98 Å². The number of benzene rings is 1. The van der Waals surface area contributed by atoms with Crippen molar-refractivity contribution in [2.45, 2.75) is 20.0 Å². The zero-order valence-electron chi connectivity index (χ0n) is 13.9. The highest BCUT2D eigenvalue weighted by Gasteiger charge is 2.18. The molecule has 10 heteroatoms. The van der Waals surface area contributed by atoms with Gasteiger partial charge >= 0.3 is 6.43 Å². The van der Waals surface area contributed by atoms with Gasteiger partial charge < -0.3 is 14.1 Å². The topological polar surface area (TPSA) is 89.7 Å². The average Bonchev–Trinajstić information content (AvgIpc) is 3.26. The van der Waals surface area contributed by atoms with E-state index in [9.17, 15) is 13.2 Å². The number of halogens is 3. The lowest BCUT2D eigenvalue weighted by molar-refractivity contribution is 0.116. The summed E-state index contributed by atoms with van der Waals surface area (Å²) in [5, 5.41) is 6.66. The van der Waals surface area contributed by atoms with Crippen molar-refractivity contribution in [2.75, 3.05) is 0 Å². The Balaban J connectivity index is 1.50. The number of fused-ring (bicyclic) bond motifs is 1. The molecule has 4 aromatic rings. The van der Waals surface area contributed by atoms with Gasteiger partial charge in [-0.2, -0.15) is 8.78 Å². The summed E-state index contributed by atoms with van der Waals surface area (Å²) in [6.45, 7) is 1.72. The Morgan fingerprint density at radius 2 is 2.07 bits per heavy atom. The van der Waals surface area contributed by atoms with Crippen LogP contribution in [0.5, 0.6) is 5.75 Å². The molecule has 0 fully saturated rings. The third-order valence-electron chi connectivity index (χ3n) is 3.74. The zero-order valence-corrected chi connectivity index (χ0v) is 13.9. The molecule has 7 nitrogen and oxygen atoms in total. The summed E-state index contributed by atoms with van der Waals surface area (Å²) in [6.07, 6.45) is -1.64. The van der Waals surface area contributed by atoms with Crippen LogP contribution >= 0.6 is 0 Å². The first-order chi connectivity index (χ1) is 13.0. The summed E-state index contributed by atoms with van der Waals surface area (Å²) in [5.74, 6) is -0.453. The first kappa shape index (κ1) is 17.0. The first-order valence-corrected chi connectivity index (χ1v) is 7.85. The van der Waals surface area contributed by atoms with E-state index in [2.05, 4.69) is 25.1 Å². The fourth-order valence-corrected chi connectivity index (χ4v) is 2.48. The number of imidazole rings is 1. The van der Waals surface area contributed by atoms with Crippen LogP contribution < -0.4 is 4.74 Å². The van der Waals surface area contributed by atoms with E-state index in [1.165, 1.54) is 6.20 Å². The largest absolute Gasteiger partial charge is 0.487 e. The normalized spacial score (nSPS) is 11.4. The summed E-state index contributed by atoms with van der Waals surface area (Å²) >= 11 is 0. The quantitative estimate of drug-likeness (QED) is 0.568. The first-order valence-electron chi connectivity index (χ1n) is 7.85. The third-order valence-corrected chi connectivity index (χ3v) is 3.74. The molecule has 0 aliphatic heterocycles. The van der Waals surface area contributed by atoms with Gasteiger partial charge in [0.05, 0.1) is 16.6 Å². The SMILES string of the molecule is Cc1nc2cc(OCc3ncc(-c4nnc(C(F)F)o4)cc3F)ccc2[nH]1. The van der Waals surface area contributed by atoms with Crippen LogP contribution in [0.4, 0.5) is 13.2 Å². The molecule has 1 N–H and O–H groups in total. The van der Waals surface area contributed by atoms with Gasteiger partial charge in [-0.25, -0.2) is 9.37 Å². The highest BCUT2D eigenvalue weighted by Crippen LogP contribution is 2.24. The van der Waals surface area contributed by atoms with Crippen molar-refractivity contribution in [1.82, 2.24) is 25.1 Å². The zero-order chi connectivity index (χ0) is 19.0. The lowest BCUT2D eigenvalue weighted by Gasteiger charge is -2.07. The van der Waals surface area contributed by atoms with Gasteiger partial charge in [0, 0.05) is 12.3 Å². The van der Waals surface area contributed by atoms with Crippen molar-refractivity contribution in [3.63, 3.8) is 0 Å². The molecule has 0 amide bonds. The minimum absolute atomic E-state index is 0.0469. The summed E-state index contributed by atoms with van der Waals surface area (Å²) in [6, 6.07) is 6.36. The number of aromatic amines is 1. The van der Waals surface area contributed by atoms with Crippen LogP contribution in [-0.2, 0) is 6.61 Å². The van der Waals surface area contributed by atoms with Crippen LogP contribution in [0.2, 0.25) is 0 Å². The molecule has 3 aromatic heterocycles. The minimum atomic E-state index is -2.90. The van der Waals surface area contributed by atoms with Crippen LogP contribution in [0.1, 0.15) is 23.8 Å². The molecular formula is C17H12F3N5O2. The van der Waals surface area contributed by atoms with Gasteiger partial charge in [-0.15, -0.1) is 10.2 Å². The van der Waals surface area contributed by atoms with E-state index >= 15 is 0 Å². The van der Waals surface area contributed by atoms with Crippen molar-refractivity contribution in [3.05, 3.63) is 53.7 Å². The van der Waals surface area contributed by atoms with E-state index in [1.54, 1.807) is 12.1 Å². The van der Waals surface area contributed by atoms with E-state index in [4.69, 9.17) is 9.15 Å². The van der Waals surface area contributed by atoms with E-state index in [1.807, 2.05) is 13.0 Å². The predicted molar refractivity (Wildman–Crippen MR) is 87.6 cm³/mol. The van der Waals surface area contributed by atoms with E-state index in [-0.39, 0.29) is 23.8 Å². The van der Waals surface area contributed by atoms with E-state index in [0.717, 1.165) is 22.9 Å². The van der Waals surface area contributed by atoms with Crippen LogP contribution in [0.25, 0.3) is 22.5 Å². The molecule has 3 heterocycles. The smallest absolute Gasteiger partial charge is 0.314 e. The monoisotopic (exact) mass is 375 g/mol. The third kappa shape index (κ3) is 3.46. The number of rotatable bonds is 5. The lowest BCUT2D eigenvalue weighted by Crippen LogP contribution is -2.02. The molecule has 138 valence electrons. The maximum atomic E-state index is 14.3. The second kappa shape index (κ2) is 6.71. The molecule has 0 bridgehead atoms. The Bertz CT molecular complexity index is 1110. The van der Waals surface area contributed by atoms with E-state index in [0.29, 0.717) is 5.75 Å². The summed E-state index contributed by atoms with van der Waals surface area (Å²) in [7, 11) is 0. The number of ether oxygens (including phenoxy) is 1. The number of hydrogen-bond donors (Lipinski definition) is 1. The highest BCUT2D eigenvalue weighted by atomic mass is 19.3. The number of aryl methyl sites for hydroxylation is 1. The lowest BCUT2D eigenvalue weighted by atomic mass is 10.2. The minimum Gasteiger partial charge on any atom is -0.487 e. The van der Waals surface area contributed by atoms with Crippen molar-refractivity contribution < 1.29 is 22.3 Å². The Morgan fingerprint density at radius 1 is 1.22 bits per heavy atom. The molecule has 0 spiro atoms. The fourth-order valence-electron chi connectivity index (χ4n) is 2.48. The predicted octanol–water partition coefficient (Wildman–Crippen LogP) is 3.97. The van der Waals surface area contributed by atoms with Crippen LogP contribution in [-0.4, -0.2) is 25.1 Å². The van der Waals surface area contributed by atoms with Crippen LogP contribution in [0, 0.1) is 12.7 Å². The molecule has 0 aliphatic rings. The molecule has 0 radical (unpaired) electrons. The summed E-state index contributed by atoms with van der Waals surface area (Å²) < 4.78 is 49.6. The molecular weight excluding hydrogens is 363 g/mol. The van der Waals surface area contributed by atoms with Crippen LogP contribution in [0.3, 0.4) is 0 Å². The summed E-state index contributed by atoms with van der Waals surface area (Å²) in [5.41, 5.74) is 1.76. The second-order valence-electron chi connectivity index (χ2n) is 5.69. The molecule has 27 heavy (non-hydrogen) atoms. The highest BCUT2D eigenvalue weighted by molar-refractivity contribution is 5.76. The van der Waals surface area contributed by atoms with Gasteiger partial charge in [0.15, 0.2) is 0 Å². The van der Waals surface area contributed by atoms with Crippen molar-refractivity contribution >= 4 is 11.0 Å². The Labute approximate surface area is 150 Å². The molecule has 0 unspecified atom stereocenters. The fraction of sp³-hybridized carbons (Fsp3) is 0.176. The van der Waals surface area contributed by atoms with Crippen molar-refractivity contribution in [2.24, 2.45) is 0 Å². The number of pyridine rings is 1. The molecule has 0 aliphatic carbocycles. The maximum Gasteiger partial charge on any atom is 0.314 e. The van der Waals surface area contributed by atoms with Gasteiger partial charge in [-0.05, 0) is 25.1 Å². The molecule has 0 saturated heterocycles. The van der Waals surface area contributed by atoms with Gasteiger partial charge in [0.25, 0.3) is 5.89 Å². The molecule has 0 atom stereocenters. The Morgan fingerprint density at radius 3 is 2.81 bits per heavy atom. The number of H-pyrrole nitrogens is 1. The van der Waals surface area contributed by atoms with Crippen LogP contribution in [0.15, 0.2) is 34.9 Å². The second-order valence-corrected chi connectivity index (χ2v) is 5.69. The van der Waals surface area contributed by atoms with Gasteiger partial charge in [0.2, 0.25) is 5.89 Å². The number of hydrogen-bond acceptors (Lipinski definition) is 6. The molecule has 0 saturated carbocycles. The van der Waals surface area contributed by atoms with Crippen molar-refractivity contribution in [3.8, 4) is 17.2 Å². The Kier molecular flexibility index (Phi) is 4.22. The van der Waals surface area contributed by atoms with Crippen molar-refractivity contribution in [1.29, 1.82) is 0 Å². The number of alkyl halides is 2. The number of nitrogens with zero attached hydrogens (tertiary/aromatic N) is 4. The van der Waals surface area contributed by atoms with Gasteiger partial charge in [-0.1, -0.05) is 0 Å².